The van der Waals surface area contributed by atoms with Crippen molar-refractivity contribution in [2.75, 3.05) is 0 Å². The molecule has 0 aromatic carbocycles. The van der Waals surface area contributed by atoms with Crippen molar-refractivity contribution < 1.29 is 14.7 Å². The van der Waals surface area contributed by atoms with Crippen molar-refractivity contribution in [1.82, 2.24) is 10.2 Å². The van der Waals surface area contributed by atoms with Gasteiger partial charge in [0.15, 0.2) is 0 Å². The van der Waals surface area contributed by atoms with Gasteiger partial charge in [0.25, 0.3) is 0 Å². The molecule has 2 amide bonds. The first kappa shape index (κ1) is 14.2. The van der Waals surface area contributed by atoms with Crippen molar-refractivity contribution in [3.63, 3.8) is 0 Å². The second-order valence-electron chi connectivity index (χ2n) is 6.06. The molecule has 0 bridgehead atoms. The maximum absolute atomic E-state index is 12.4. The lowest BCUT2D eigenvalue weighted by molar-refractivity contribution is -0.144. The molecule has 2 N–H and O–H groups in total. The summed E-state index contributed by atoms with van der Waals surface area (Å²) in [6.45, 7) is 4.08. The highest BCUT2D eigenvalue weighted by Crippen LogP contribution is 2.31. The van der Waals surface area contributed by atoms with Gasteiger partial charge in [-0.25, -0.2) is 9.59 Å². The Labute approximate surface area is 114 Å². The predicted octanol–water partition coefficient (Wildman–Crippen LogP) is 2.36. The number of rotatable bonds is 2. The molecule has 0 spiro atoms. The number of nitrogens with one attached hydrogen (secondary N) is 1. The quantitative estimate of drug-likeness (QED) is 0.807. The highest BCUT2D eigenvalue weighted by atomic mass is 16.4. The van der Waals surface area contributed by atoms with E-state index in [1.54, 1.807) is 0 Å². The van der Waals surface area contributed by atoms with Crippen LogP contribution in [0.4, 0.5) is 4.79 Å². The van der Waals surface area contributed by atoms with E-state index in [1.165, 1.54) is 0 Å². The van der Waals surface area contributed by atoms with Crippen LogP contribution < -0.4 is 5.32 Å². The number of amides is 2. The van der Waals surface area contributed by atoms with Crippen molar-refractivity contribution in [2.24, 2.45) is 0 Å². The Bertz CT molecular complexity index is 354. The van der Waals surface area contributed by atoms with E-state index in [0.717, 1.165) is 32.1 Å². The van der Waals surface area contributed by atoms with E-state index in [2.05, 4.69) is 5.32 Å². The van der Waals surface area contributed by atoms with E-state index in [0.29, 0.717) is 12.8 Å². The van der Waals surface area contributed by atoms with E-state index < -0.39 is 11.5 Å². The van der Waals surface area contributed by atoms with Crippen LogP contribution >= 0.6 is 0 Å². The van der Waals surface area contributed by atoms with Gasteiger partial charge in [-0.1, -0.05) is 12.8 Å². The number of piperidine rings is 1. The number of carbonyl (C=O) groups is 2. The summed E-state index contributed by atoms with van der Waals surface area (Å²) in [7, 11) is 0. The van der Waals surface area contributed by atoms with E-state index in [9.17, 15) is 14.7 Å². The van der Waals surface area contributed by atoms with Gasteiger partial charge in [-0.15, -0.1) is 0 Å². The summed E-state index contributed by atoms with van der Waals surface area (Å²) in [5.74, 6) is -0.893. The van der Waals surface area contributed by atoms with Crippen LogP contribution in [-0.4, -0.2) is 39.6 Å². The van der Waals surface area contributed by atoms with E-state index in [1.807, 2.05) is 18.7 Å². The van der Waals surface area contributed by atoms with Crippen LogP contribution in [0.3, 0.4) is 0 Å². The van der Waals surface area contributed by atoms with Gasteiger partial charge in [0.2, 0.25) is 0 Å². The number of carbonyl (C=O) groups excluding carboxylic acids is 1. The van der Waals surface area contributed by atoms with Crippen LogP contribution in [0.1, 0.15) is 58.8 Å². The number of carboxylic acids is 1. The second-order valence-corrected chi connectivity index (χ2v) is 6.06. The summed E-state index contributed by atoms with van der Waals surface area (Å²) in [6.07, 6.45) is 5.97. The molecule has 0 aromatic rings. The second kappa shape index (κ2) is 5.39. The third-order valence-corrected chi connectivity index (χ3v) is 4.64. The summed E-state index contributed by atoms with van der Waals surface area (Å²) >= 11 is 0. The van der Waals surface area contributed by atoms with Gasteiger partial charge in [-0.3, -0.25) is 0 Å². The fourth-order valence-corrected chi connectivity index (χ4v) is 3.46. The Hall–Kier alpha value is -1.26. The first-order valence-corrected chi connectivity index (χ1v) is 7.30. The minimum Gasteiger partial charge on any atom is -0.480 e. The maximum atomic E-state index is 12.4. The number of likely N-dealkylation sites (tertiary alicyclic amines) is 1. The molecule has 1 aliphatic carbocycles. The fraction of sp³-hybridized carbons (Fsp3) is 0.857. The molecule has 0 aromatic heterocycles. The minimum absolute atomic E-state index is 0.191. The molecule has 1 saturated carbocycles. The summed E-state index contributed by atoms with van der Waals surface area (Å²) in [4.78, 5) is 25.7. The standard InChI is InChI=1S/C14H24N2O3/c1-10-6-5-7-11(2)16(10)13(19)15-14(12(17)18)8-3-4-9-14/h10-11H,3-9H2,1-2H3,(H,15,19)(H,17,18)/t10-,11+. The molecule has 2 atom stereocenters. The van der Waals surface area contributed by atoms with Crippen molar-refractivity contribution >= 4 is 12.0 Å². The lowest BCUT2D eigenvalue weighted by Crippen LogP contribution is -2.60. The monoisotopic (exact) mass is 268 g/mol. The van der Waals surface area contributed by atoms with Crippen molar-refractivity contribution in [1.29, 1.82) is 0 Å². The molecule has 108 valence electrons. The first-order valence-electron chi connectivity index (χ1n) is 7.30. The molecule has 0 radical (unpaired) electrons. The zero-order chi connectivity index (χ0) is 14.0. The number of hydrogen-bond acceptors (Lipinski definition) is 2. The van der Waals surface area contributed by atoms with Crippen LogP contribution in [0.5, 0.6) is 0 Å². The van der Waals surface area contributed by atoms with Crippen molar-refractivity contribution in [2.45, 2.75) is 76.4 Å². The average molecular weight is 268 g/mol. The summed E-state index contributed by atoms with van der Waals surface area (Å²) in [6, 6.07) is 0.177. The summed E-state index contributed by atoms with van der Waals surface area (Å²) in [5, 5.41) is 12.2. The molecular weight excluding hydrogens is 244 g/mol. The minimum atomic E-state index is -1.03. The number of carboxylic acid groups (broad SMARTS) is 1. The molecule has 5 heteroatoms. The smallest absolute Gasteiger partial charge is 0.329 e. The third kappa shape index (κ3) is 2.69. The molecule has 5 nitrogen and oxygen atoms in total. The first-order chi connectivity index (χ1) is 8.96. The van der Waals surface area contributed by atoms with Crippen LogP contribution in [0.25, 0.3) is 0 Å². The van der Waals surface area contributed by atoms with Gasteiger partial charge in [0, 0.05) is 12.1 Å². The largest absolute Gasteiger partial charge is 0.480 e. The molecule has 2 fully saturated rings. The topological polar surface area (TPSA) is 69.6 Å². The normalized spacial score (nSPS) is 30.1. The zero-order valence-corrected chi connectivity index (χ0v) is 11.8. The molecule has 1 aliphatic heterocycles. The zero-order valence-electron chi connectivity index (χ0n) is 11.8. The van der Waals surface area contributed by atoms with Gasteiger partial charge < -0.3 is 15.3 Å². The van der Waals surface area contributed by atoms with Crippen molar-refractivity contribution in [3.8, 4) is 0 Å². The van der Waals surface area contributed by atoms with Gasteiger partial charge in [0.05, 0.1) is 0 Å². The summed E-state index contributed by atoms with van der Waals surface area (Å²) in [5.41, 5.74) is -1.03. The van der Waals surface area contributed by atoms with Gasteiger partial charge >= 0.3 is 12.0 Å². The molecular formula is C14H24N2O3. The molecule has 1 saturated heterocycles. The molecule has 19 heavy (non-hydrogen) atoms. The SMILES string of the molecule is C[C@@H]1CCC[C@H](C)N1C(=O)NC1(C(=O)O)CCCC1. The van der Waals surface area contributed by atoms with Crippen LogP contribution in [0.2, 0.25) is 0 Å². The number of nitrogens with zero attached hydrogens (tertiary/aromatic N) is 1. The molecule has 2 aliphatic rings. The van der Waals surface area contributed by atoms with Gasteiger partial charge in [-0.05, 0) is 46.0 Å². The Balaban J connectivity index is 2.08. The van der Waals surface area contributed by atoms with Crippen LogP contribution in [-0.2, 0) is 4.79 Å². The van der Waals surface area contributed by atoms with E-state index in [-0.39, 0.29) is 18.1 Å². The Morgan fingerprint density at radius 1 is 1.11 bits per heavy atom. The highest BCUT2D eigenvalue weighted by molar-refractivity contribution is 5.86. The number of aliphatic carboxylic acids is 1. The van der Waals surface area contributed by atoms with E-state index >= 15 is 0 Å². The van der Waals surface area contributed by atoms with Crippen LogP contribution in [0.15, 0.2) is 0 Å². The Morgan fingerprint density at radius 2 is 1.63 bits per heavy atom. The number of hydrogen-bond donors (Lipinski definition) is 2. The summed E-state index contributed by atoms with van der Waals surface area (Å²) < 4.78 is 0. The Morgan fingerprint density at radius 3 is 2.11 bits per heavy atom. The highest BCUT2D eigenvalue weighted by Gasteiger charge is 2.44. The van der Waals surface area contributed by atoms with E-state index in [4.69, 9.17) is 0 Å². The van der Waals surface area contributed by atoms with Gasteiger partial charge in [-0.2, -0.15) is 0 Å². The number of urea groups is 1. The molecule has 1 heterocycles. The maximum Gasteiger partial charge on any atom is 0.329 e. The lowest BCUT2D eigenvalue weighted by atomic mass is 9.96. The fourth-order valence-electron chi connectivity index (χ4n) is 3.46. The van der Waals surface area contributed by atoms with Gasteiger partial charge in [0.1, 0.15) is 5.54 Å². The average Bonchev–Trinajstić information content (AvgIpc) is 2.78. The third-order valence-electron chi connectivity index (χ3n) is 4.64. The van der Waals surface area contributed by atoms with Crippen LogP contribution in [0, 0.1) is 0 Å². The lowest BCUT2D eigenvalue weighted by Gasteiger charge is -2.40. The molecule has 2 rings (SSSR count). The molecule has 0 unspecified atom stereocenters. The Kier molecular flexibility index (Phi) is 4.02. The predicted molar refractivity (Wildman–Crippen MR) is 72.0 cm³/mol. The van der Waals surface area contributed by atoms with Crippen molar-refractivity contribution in [3.05, 3.63) is 0 Å².